The van der Waals surface area contributed by atoms with Crippen LogP contribution < -0.4 is 0 Å². The van der Waals surface area contributed by atoms with Crippen molar-refractivity contribution in [2.24, 2.45) is 5.92 Å². The van der Waals surface area contributed by atoms with E-state index in [0.29, 0.717) is 12.5 Å². The second-order valence-electron chi connectivity index (χ2n) is 2.79. The molecule has 0 aromatic rings. The SMILES string of the molecule is C=C[C@@H](C)CCCCCO. The first kappa shape index (κ1) is 9.70. The van der Waals surface area contributed by atoms with E-state index in [0.717, 1.165) is 12.8 Å². The van der Waals surface area contributed by atoms with E-state index < -0.39 is 0 Å². The van der Waals surface area contributed by atoms with E-state index in [1.54, 1.807) is 0 Å². The Labute approximate surface area is 63.8 Å². The van der Waals surface area contributed by atoms with Crippen molar-refractivity contribution in [3.63, 3.8) is 0 Å². The predicted octanol–water partition coefficient (Wildman–Crippen LogP) is 2.36. The van der Waals surface area contributed by atoms with Crippen molar-refractivity contribution in [3.05, 3.63) is 12.7 Å². The Bertz CT molecular complexity index is 78.8. The molecule has 10 heavy (non-hydrogen) atoms. The molecule has 0 unspecified atom stereocenters. The van der Waals surface area contributed by atoms with Gasteiger partial charge in [0, 0.05) is 6.61 Å². The van der Waals surface area contributed by atoms with Crippen LogP contribution in [0.1, 0.15) is 32.6 Å². The van der Waals surface area contributed by atoms with Gasteiger partial charge in [-0.25, -0.2) is 0 Å². The first-order valence-corrected chi connectivity index (χ1v) is 4.04. The maximum Gasteiger partial charge on any atom is 0.0431 e. The highest BCUT2D eigenvalue weighted by Gasteiger charge is 1.94. The highest BCUT2D eigenvalue weighted by atomic mass is 16.2. The summed E-state index contributed by atoms with van der Waals surface area (Å²) in [6, 6.07) is 0. The molecule has 0 heterocycles. The number of hydrogen-bond acceptors (Lipinski definition) is 1. The van der Waals surface area contributed by atoms with Crippen LogP contribution in [-0.4, -0.2) is 11.7 Å². The Kier molecular flexibility index (Phi) is 6.61. The van der Waals surface area contributed by atoms with Gasteiger partial charge in [0.25, 0.3) is 0 Å². The third-order valence-corrected chi connectivity index (χ3v) is 1.72. The predicted molar refractivity (Wildman–Crippen MR) is 44.9 cm³/mol. The smallest absolute Gasteiger partial charge is 0.0431 e. The first-order valence-electron chi connectivity index (χ1n) is 4.04. The van der Waals surface area contributed by atoms with E-state index in [1.807, 2.05) is 6.08 Å². The van der Waals surface area contributed by atoms with Crippen LogP contribution >= 0.6 is 0 Å². The number of aliphatic hydroxyl groups is 1. The minimum absolute atomic E-state index is 0.336. The molecule has 0 radical (unpaired) electrons. The molecule has 0 fully saturated rings. The number of allylic oxidation sites excluding steroid dienone is 1. The van der Waals surface area contributed by atoms with Gasteiger partial charge in [-0.05, 0) is 18.8 Å². The van der Waals surface area contributed by atoms with Gasteiger partial charge >= 0.3 is 0 Å². The van der Waals surface area contributed by atoms with E-state index in [4.69, 9.17) is 5.11 Å². The molecular formula is C9H18O. The maximum atomic E-state index is 8.47. The van der Waals surface area contributed by atoms with Crippen LogP contribution in [0.2, 0.25) is 0 Å². The molecule has 0 saturated heterocycles. The third kappa shape index (κ3) is 5.83. The van der Waals surface area contributed by atoms with Crippen molar-refractivity contribution in [1.29, 1.82) is 0 Å². The molecular weight excluding hydrogens is 124 g/mol. The molecule has 0 aliphatic rings. The van der Waals surface area contributed by atoms with Crippen molar-refractivity contribution in [1.82, 2.24) is 0 Å². The normalized spacial score (nSPS) is 13.0. The van der Waals surface area contributed by atoms with Gasteiger partial charge in [-0.2, -0.15) is 0 Å². The van der Waals surface area contributed by atoms with Crippen LogP contribution in [0, 0.1) is 5.92 Å². The lowest BCUT2D eigenvalue weighted by atomic mass is 10.0. The van der Waals surface area contributed by atoms with Gasteiger partial charge in [0.05, 0.1) is 0 Å². The Morgan fingerprint density at radius 1 is 1.40 bits per heavy atom. The number of rotatable bonds is 6. The molecule has 1 atom stereocenters. The molecule has 0 aromatic heterocycles. The van der Waals surface area contributed by atoms with Crippen molar-refractivity contribution in [3.8, 4) is 0 Å². The standard InChI is InChI=1S/C9H18O/c1-3-9(2)7-5-4-6-8-10/h3,9-10H,1,4-8H2,2H3/t9-/m1/s1. The second kappa shape index (κ2) is 6.81. The van der Waals surface area contributed by atoms with Gasteiger partial charge in [0.2, 0.25) is 0 Å². The molecule has 0 saturated carbocycles. The van der Waals surface area contributed by atoms with Crippen LogP contribution in [0.15, 0.2) is 12.7 Å². The molecule has 0 spiro atoms. The fourth-order valence-electron chi connectivity index (χ4n) is 0.873. The summed E-state index contributed by atoms with van der Waals surface area (Å²) in [4.78, 5) is 0. The maximum absolute atomic E-state index is 8.47. The molecule has 0 aliphatic carbocycles. The quantitative estimate of drug-likeness (QED) is 0.446. The minimum atomic E-state index is 0.336. The average Bonchev–Trinajstić information content (AvgIpc) is 1.98. The fraction of sp³-hybridized carbons (Fsp3) is 0.778. The first-order chi connectivity index (χ1) is 4.81. The van der Waals surface area contributed by atoms with Gasteiger partial charge in [-0.3, -0.25) is 0 Å². The van der Waals surface area contributed by atoms with Crippen LogP contribution in [0.25, 0.3) is 0 Å². The molecule has 0 rings (SSSR count). The van der Waals surface area contributed by atoms with E-state index in [-0.39, 0.29) is 0 Å². The minimum Gasteiger partial charge on any atom is -0.396 e. The zero-order valence-corrected chi connectivity index (χ0v) is 6.84. The monoisotopic (exact) mass is 142 g/mol. The van der Waals surface area contributed by atoms with E-state index in [1.165, 1.54) is 12.8 Å². The van der Waals surface area contributed by atoms with Crippen molar-refractivity contribution in [2.45, 2.75) is 32.6 Å². The van der Waals surface area contributed by atoms with Crippen LogP contribution in [0.4, 0.5) is 0 Å². The number of aliphatic hydroxyl groups excluding tert-OH is 1. The van der Waals surface area contributed by atoms with Gasteiger partial charge < -0.3 is 5.11 Å². The van der Waals surface area contributed by atoms with E-state index in [9.17, 15) is 0 Å². The highest BCUT2D eigenvalue weighted by molar-refractivity contribution is 4.74. The lowest BCUT2D eigenvalue weighted by Crippen LogP contribution is -1.89. The highest BCUT2D eigenvalue weighted by Crippen LogP contribution is 2.08. The number of hydrogen-bond donors (Lipinski definition) is 1. The van der Waals surface area contributed by atoms with Gasteiger partial charge in [0.1, 0.15) is 0 Å². The van der Waals surface area contributed by atoms with Crippen molar-refractivity contribution >= 4 is 0 Å². The second-order valence-corrected chi connectivity index (χ2v) is 2.79. The Morgan fingerprint density at radius 2 is 2.10 bits per heavy atom. The Balaban J connectivity index is 2.95. The largest absolute Gasteiger partial charge is 0.396 e. The van der Waals surface area contributed by atoms with Crippen LogP contribution in [0.3, 0.4) is 0 Å². The summed E-state index contributed by atoms with van der Waals surface area (Å²) < 4.78 is 0. The summed E-state index contributed by atoms with van der Waals surface area (Å²) in [5, 5.41) is 8.47. The molecule has 0 bridgehead atoms. The van der Waals surface area contributed by atoms with E-state index in [2.05, 4.69) is 13.5 Å². The lowest BCUT2D eigenvalue weighted by molar-refractivity contribution is 0.281. The molecule has 1 N–H and O–H groups in total. The summed E-state index contributed by atoms with van der Waals surface area (Å²) in [5.41, 5.74) is 0. The van der Waals surface area contributed by atoms with Crippen LogP contribution in [0.5, 0.6) is 0 Å². The zero-order valence-electron chi connectivity index (χ0n) is 6.84. The van der Waals surface area contributed by atoms with Gasteiger partial charge in [-0.1, -0.05) is 25.8 Å². The Hall–Kier alpha value is -0.300. The molecule has 60 valence electrons. The number of unbranched alkanes of at least 4 members (excludes halogenated alkanes) is 2. The Morgan fingerprint density at radius 3 is 2.60 bits per heavy atom. The van der Waals surface area contributed by atoms with Crippen molar-refractivity contribution < 1.29 is 5.11 Å². The summed E-state index contributed by atoms with van der Waals surface area (Å²) in [5.74, 6) is 0.638. The van der Waals surface area contributed by atoms with Gasteiger partial charge in [-0.15, -0.1) is 6.58 Å². The van der Waals surface area contributed by atoms with Crippen molar-refractivity contribution in [2.75, 3.05) is 6.61 Å². The summed E-state index contributed by atoms with van der Waals surface area (Å²) in [6.45, 7) is 6.22. The van der Waals surface area contributed by atoms with Crippen LogP contribution in [-0.2, 0) is 0 Å². The average molecular weight is 142 g/mol. The third-order valence-electron chi connectivity index (χ3n) is 1.72. The fourth-order valence-corrected chi connectivity index (χ4v) is 0.873. The zero-order chi connectivity index (χ0) is 7.82. The molecule has 1 heteroatoms. The summed E-state index contributed by atoms with van der Waals surface area (Å²) in [7, 11) is 0. The van der Waals surface area contributed by atoms with Gasteiger partial charge in [0.15, 0.2) is 0 Å². The lowest BCUT2D eigenvalue weighted by Gasteiger charge is -2.03. The molecule has 0 amide bonds. The summed E-state index contributed by atoms with van der Waals surface area (Å²) in [6.07, 6.45) is 6.51. The molecule has 1 nitrogen and oxygen atoms in total. The topological polar surface area (TPSA) is 20.2 Å². The van der Waals surface area contributed by atoms with E-state index >= 15 is 0 Å². The summed E-state index contributed by atoms with van der Waals surface area (Å²) >= 11 is 0. The molecule has 0 aliphatic heterocycles. The molecule has 0 aromatic carbocycles.